The summed E-state index contributed by atoms with van der Waals surface area (Å²) in [4.78, 5) is 26.4. The Morgan fingerprint density at radius 1 is 1.25 bits per heavy atom. The zero-order valence-corrected chi connectivity index (χ0v) is 13.3. The van der Waals surface area contributed by atoms with E-state index >= 15 is 0 Å². The minimum absolute atomic E-state index is 0.00862. The molecule has 0 aliphatic carbocycles. The number of carbonyl (C=O) groups is 2. The second kappa shape index (κ2) is 7.00. The van der Waals surface area contributed by atoms with E-state index in [1.807, 2.05) is 0 Å². The van der Waals surface area contributed by atoms with Gasteiger partial charge in [-0.05, 0) is 25.0 Å². The first-order chi connectivity index (χ1) is 11.6. The van der Waals surface area contributed by atoms with Crippen molar-refractivity contribution < 1.29 is 18.4 Å². The number of hydrogen-bond donors (Lipinski definition) is 1. The van der Waals surface area contributed by atoms with Gasteiger partial charge in [0.15, 0.2) is 5.01 Å². The van der Waals surface area contributed by atoms with Crippen molar-refractivity contribution in [1.29, 1.82) is 0 Å². The van der Waals surface area contributed by atoms with Crippen LogP contribution >= 0.6 is 11.3 Å². The highest BCUT2D eigenvalue weighted by Gasteiger charge is 2.35. The van der Waals surface area contributed by atoms with Crippen molar-refractivity contribution in [1.82, 2.24) is 15.1 Å². The van der Waals surface area contributed by atoms with Crippen molar-refractivity contribution in [2.24, 2.45) is 0 Å². The van der Waals surface area contributed by atoms with Crippen LogP contribution in [0.15, 0.2) is 30.3 Å². The number of likely N-dealkylation sites (tertiary alicyclic amines) is 1. The van der Waals surface area contributed by atoms with E-state index in [0.717, 1.165) is 0 Å². The molecular formula is C15H14F2N4O2S. The lowest BCUT2D eigenvalue weighted by Crippen LogP contribution is -2.43. The van der Waals surface area contributed by atoms with E-state index in [1.165, 1.54) is 4.90 Å². The summed E-state index contributed by atoms with van der Waals surface area (Å²) >= 11 is 0.626. The summed E-state index contributed by atoms with van der Waals surface area (Å²) < 4.78 is 25.0. The normalized spacial score (nSPS) is 17.3. The van der Waals surface area contributed by atoms with Crippen molar-refractivity contribution in [3.8, 4) is 0 Å². The van der Waals surface area contributed by atoms with Crippen molar-refractivity contribution in [3.63, 3.8) is 0 Å². The van der Waals surface area contributed by atoms with Crippen molar-refractivity contribution in [2.45, 2.75) is 25.3 Å². The molecule has 1 N–H and O–H groups in total. The van der Waals surface area contributed by atoms with E-state index in [9.17, 15) is 18.4 Å². The van der Waals surface area contributed by atoms with Crippen LogP contribution in [0.4, 0.5) is 13.9 Å². The highest BCUT2D eigenvalue weighted by atomic mass is 32.1. The average Bonchev–Trinajstić information content (AvgIpc) is 3.24. The highest BCUT2D eigenvalue weighted by molar-refractivity contribution is 7.15. The topological polar surface area (TPSA) is 75.2 Å². The number of halogens is 2. The van der Waals surface area contributed by atoms with Crippen LogP contribution in [0.5, 0.6) is 0 Å². The number of amides is 2. The summed E-state index contributed by atoms with van der Waals surface area (Å²) in [7, 11) is 0. The number of aromatic nitrogens is 2. The second-order valence-corrected chi connectivity index (χ2v) is 6.27. The predicted molar refractivity (Wildman–Crippen MR) is 84.0 cm³/mol. The van der Waals surface area contributed by atoms with Gasteiger partial charge in [0.25, 0.3) is 12.3 Å². The summed E-state index contributed by atoms with van der Waals surface area (Å²) in [6.07, 6.45) is -1.50. The molecule has 1 aromatic carbocycles. The van der Waals surface area contributed by atoms with Crippen LogP contribution in [-0.4, -0.2) is 39.5 Å². The third-order valence-electron chi connectivity index (χ3n) is 3.69. The van der Waals surface area contributed by atoms with Gasteiger partial charge in [-0.1, -0.05) is 29.5 Å². The van der Waals surface area contributed by atoms with Crippen molar-refractivity contribution in [3.05, 3.63) is 40.9 Å². The maximum atomic E-state index is 12.5. The van der Waals surface area contributed by atoms with Gasteiger partial charge in [0.1, 0.15) is 6.04 Å². The molecule has 0 bridgehead atoms. The van der Waals surface area contributed by atoms with E-state index in [1.54, 1.807) is 30.3 Å². The number of nitrogens with zero attached hydrogens (tertiary/aromatic N) is 3. The van der Waals surface area contributed by atoms with Crippen molar-refractivity contribution in [2.75, 3.05) is 11.9 Å². The number of hydrogen-bond acceptors (Lipinski definition) is 5. The molecule has 6 nitrogen and oxygen atoms in total. The quantitative estimate of drug-likeness (QED) is 0.918. The summed E-state index contributed by atoms with van der Waals surface area (Å²) in [5.41, 5.74) is 0.508. The minimum atomic E-state index is -2.73. The number of benzene rings is 1. The fourth-order valence-electron chi connectivity index (χ4n) is 2.59. The van der Waals surface area contributed by atoms with E-state index in [-0.39, 0.29) is 11.0 Å². The maximum Gasteiger partial charge on any atom is 0.291 e. The minimum Gasteiger partial charge on any atom is -0.327 e. The summed E-state index contributed by atoms with van der Waals surface area (Å²) in [6, 6.07) is 8.05. The number of nitrogens with one attached hydrogen (secondary N) is 1. The zero-order chi connectivity index (χ0) is 17.1. The monoisotopic (exact) mass is 352 g/mol. The molecule has 1 unspecified atom stereocenters. The fraction of sp³-hybridized carbons (Fsp3) is 0.333. The van der Waals surface area contributed by atoms with Gasteiger partial charge in [-0.25, -0.2) is 8.78 Å². The maximum absolute atomic E-state index is 12.5. The Balaban J connectivity index is 1.70. The Morgan fingerprint density at radius 3 is 2.67 bits per heavy atom. The second-order valence-electron chi connectivity index (χ2n) is 5.26. The third-order valence-corrected chi connectivity index (χ3v) is 4.54. The Morgan fingerprint density at radius 2 is 2.00 bits per heavy atom. The Bertz CT molecular complexity index is 738. The van der Waals surface area contributed by atoms with Gasteiger partial charge in [0, 0.05) is 12.1 Å². The van der Waals surface area contributed by atoms with Gasteiger partial charge in [-0.15, -0.1) is 10.2 Å². The van der Waals surface area contributed by atoms with E-state index < -0.39 is 23.4 Å². The van der Waals surface area contributed by atoms with Crippen LogP contribution in [0, 0.1) is 0 Å². The van der Waals surface area contributed by atoms with Gasteiger partial charge in [-0.3, -0.25) is 14.9 Å². The molecule has 1 fully saturated rings. The molecule has 9 heteroatoms. The molecule has 24 heavy (non-hydrogen) atoms. The smallest absolute Gasteiger partial charge is 0.291 e. The van der Waals surface area contributed by atoms with Gasteiger partial charge in [-0.2, -0.15) is 0 Å². The van der Waals surface area contributed by atoms with Crippen LogP contribution in [0.2, 0.25) is 0 Å². The van der Waals surface area contributed by atoms with Crippen LogP contribution in [0.3, 0.4) is 0 Å². The first-order valence-electron chi connectivity index (χ1n) is 7.34. The molecule has 1 aliphatic rings. The predicted octanol–water partition coefficient (Wildman–Crippen LogP) is 2.72. The van der Waals surface area contributed by atoms with Crippen molar-refractivity contribution >= 4 is 28.3 Å². The third kappa shape index (κ3) is 3.40. The SMILES string of the molecule is O=C(Nc1nnc(C(F)F)s1)C1CCCN1C(=O)c1ccccc1. The molecule has 0 saturated carbocycles. The summed E-state index contributed by atoms with van der Waals surface area (Å²) in [5.74, 6) is -0.660. The van der Waals surface area contributed by atoms with Crippen LogP contribution in [0.1, 0.15) is 34.6 Å². The first-order valence-corrected chi connectivity index (χ1v) is 8.16. The molecule has 1 aromatic heterocycles. The molecule has 2 amide bonds. The molecule has 1 saturated heterocycles. The molecular weight excluding hydrogens is 338 g/mol. The molecule has 2 aromatic rings. The number of carbonyl (C=O) groups excluding carboxylic acids is 2. The number of alkyl halides is 2. The Kier molecular flexibility index (Phi) is 4.79. The fourth-order valence-corrected chi connectivity index (χ4v) is 3.19. The Hall–Kier alpha value is -2.42. The largest absolute Gasteiger partial charge is 0.327 e. The average molecular weight is 352 g/mol. The lowest BCUT2D eigenvalue weighted by Gasteiger charge is -2.23. The molecule has 0 radical (unpaired) electrons. The summed E-state index contributed by atoms with van der Waals surface area (Å²) in [5, 5.41) is 8.88. The molecule has 0 spiro atoms. The lowest BCUT2D eigenvalue weighted by molar-refractivity contribution is -0.119. The Labute approximate surface area is 140 Å². The van der Waals surface area contributed by atoms with E-state index in [4.69, 9.17) is 0 Å². The molecule has 1 atom stereocenters. The molecule has 3 rings (SSSR count). The molecule has 126 valence electrons. The molecule has 1 aliphatic heterocycles. The van der Waals surface area contributed by atoms with Gasteiger partial charge in [0.05, 0.1) is 0 Å². The number of rotatable bonds is 4. The molecule has 2 heterocycles. The van der Waals surface area contributed by atoms with E-state index in [2.05, 4.69) is 15.5 Å². The van der Waals surface area contributed by atoms with Crippen LogP contribution < -0.4 is 5.32 Å². The van der Waals surface area contributed by atoms with Gasteiger partial charge in [0.2, 0.25) is 11.0 Å². The summed E-state index contributed by atoms with van der Waals surface area (Å²) in [6.45, 7) is 0.476. The zero-order valence-electron chi connectivity index (χ0n) is 12.5. The lowest BCUT2D eigenvalue weighted by atomic mass is 10.1. The van der Waals surface area contributed by atoms with E-state index in [0.29, 0.717) is 36.3 Å². The van der Waals surface area contributed by atoms with Gasteiger partial charge >= 0.3 is 0 Å². The highest BCUT2D eigenvalue weighted by Crippen LogP contribution is 2.26. The van der Waals surface area contributed by atoms with Gasteiger partial charge < -0.3 is 4.90 Å². The standard InChI is InChI=1S/C15H14F2N4O2S/c16-11(17)13-19-20-15(24-13)18-12(22)10-7-4-8-21(10)14(23)9-5-2-1-3-6-9/h1-3,5-6,10-11H,4,7-8H2,(H,18,20,22). The van der Waals surface area contributed by atoms with Crippen LogP contribution in [-0.2, 0) is 4.79 Å². The number of anilines is 1. The van der Waals surface area contributed by atoms with Crippen LogP contribution in [0.25, 0.3) is 0 Å². The first kappa shape index (κ1) is 16.4.